The van der Waals surface area contributed by atoms with Crippen LogP contribution in [0.4, 0.5) is 30.5 Å². The second kappa shape index (κ2) is 5.74. The van der Waals surface area contributed by atoms with Gasteiger partial charge in [-0.25, -0.2) is 15.8 Å². The van der Waals surface area contributed by atoms with Gasteiger partial charge in [-0.3, -0.25) is 0 Å². The molecule has 5 nitrogen and oxygen atoms in total. The minimum atomic E-state index is -4.44. The van der Waals surface area contributed by atoms with E-state index in [1.54, 1.807) is 6.92 Å². The van der Waals surface area contributed by atoms with Crippen LogP contribution in [-0.2, 0) is 6.18 Å². The summed E-state index contributed by atoms with van der Waals surface area (Å²) in [5.74, 6) is 6.08. The molecule has 1 aromatic carbocycles. The molecule has 0 radical (unpaired) electrons. The molecule has 0 spiro atoms. The Labute approximate surface area is 123 Å². The summed E-state index contributed by atoms with van der Waals surface area (Å²) in [4.78, 5) is 7.89. The molecule has 9 heteroatoms. The number of aromatic nitrogens is 2. The minimum absolute atomic E-state index is 0.0647. The minimum Gasteiger partial charge on any atom is -0.339 e. The average molecular weight is 318 g/mol. The van der Waals surface area contributed by atoms with E-state index in [9.17, 15) is 13.2 Å². The number of rotatable bonds is 3. The Balaban J connectivity index is 2.33. The summed E-state index contributed by atoms with van der Waals surface area (Å²) in [6.45, 7) is 1.70. The van der Waals surface area contributed by atoms with Crippen molar-refractivity contribution in [3.63, 3.8) is 0 Å². The van der Waals surface area contributed by atoms with Crippen molar-refractivity contribution in [1.82, 2.24) is 9.97 Å². The first kappa shape index (κ1) is 15.3. The Hall–Kier alpha value is -2.06. The van der Waals surface area contributed by atoms with Crippen molar-refractivity contribution in [1.29, 1.82) is 0 Å². The van der Waals surface area contributed by atoms with E-state index in [-0.39, 0.29) is 5.02 Å². The van der Waals surface area contributed by atoms with Gasteiger partial charge < -0.3 is 10.7 Å². The Morgan fingerprint density at radius 3 is 2.43 bits per heavy atom. The number of nitrogens with zero attached hydrogens (tertiary/aromatic N) is 2. The Morgan fingerprint density at radius 1 is 1.19 bits per heavy atom. The van der Waals surface area contributed by atoms with Crippen LogP contribution in [0.2, 0.25) is 5.02 Å². The van der Waals surface area contributed by atoms with Gasteiger partial charge >= 0.3 is 6.18 Å². The topological polar surface area (TPSA) is 75.9 Å². The molecule has 112 valence electrons. The smallest absolute Gasteiger partial charge is 0.339 e. The Kier molecular flexibility index (Phi) is 4.19. The monoisotopic (exact) mass is 317 g/mol. The highest BCUT2D eigenvalue weighted by Crippen LogP contribution is 2.35. The predicted octanol–water partition coefficient (Wildman–Crippen LogP) is 3.49. The molecule has 0 unspecified atom stereocenters. The van der Waals surface area contributed by atoms with Gasteiger partial charge in [0.2, 0.25) is 0 Å². The fraction of sp³-hybridized carbons (Fsp3) is 0.167. The lowest BCUT2D eigenvalue weighted by Crippen LogP contribution is -2.12. The normalized spacial score (nSPS) is 11.3. The highest BCUT2D eigenvalue weighted by atomic mass is 35.5. The van der Waals surface area contributed by atoms with Gasteiger partial charge in [-0.05, 0) is 25.1 Å². The molecule has 0 fully saturated rings. The molecule has 0 aliphatic heterocycles. The summed E-state index contributed by atoms with van der Waals surface area (Å²) in [6, 6.07) is 3.03. The van der Waals surface area contributed by atoms with E-state index in [0.29, 0.717) is 22.9 Å². The van der Waals surface area contributed by atoms with Gasteiger partial charge in [-0.1, -0.05) is 11.6 Å². The maximum absolute atomic E-state index is 12.6. The Morgan fingerprint density at radius 2 is 1.86 bits per heavy atom. The van der Waals surface area contributed by atoms with E-state index in [1.165, 1.54) is 12.4 Å². The van der Waals surface area contributed by atoms with Crippen LogP contribution in [0.1, 0.15) is 11.1 Å². The van der Waals surface area contributed by atoms with E-state index in [2.05, 4.69) is 20.7 Å². The van der Waals surface area contributed by atoms with Crippen LogP contribution in [0.25, 0.3) is 0 Å². The summed E-state index contributed by atoms with van der Waals surface area (Å²) in [5, 5.41) is 2.78. The summed E-state index contributed by atoms with van der Waals surface area (Å²) in [6.07, 6.45) is -3.17. The quantitative estimate of drug-likeness (QED) is 0.597. The lowest BCUT2D eigenvalue weighted by molar-refractivity contribution is -0.137. The standard InChI is InChI=1S/C12H11ClF3N5/c1-6-10(18-5-19-11(6)21-17)20-9-3-2-7(4-8(9)13)12(14,15)16/h2-5H,17H2,1H3,(H2,18,19,20,21). The molecule has 0 aliphatic rings. The average Bonchev–Trinajstić information content (AvgIpc) is 2.42. The maximum atomic E-state index is 12.6. The van der Waals surface area contributed by atoms with Crippen LogP contribution >= 0.6 is 11.6 Å². The van der Waals surface area contributed by atoms with Gasteiger partial charge in [0.1, 0.15) is 18.0 Å². The highest BCUT2D eigenvalue weighted by Gasteiger charge is 2.30. The zero-order valence-electron chi connectivity index (χ0n) is 10.8. The van der Waals surface area contributed by atoms with Crippen molar-refractivity contribution in [3.8, 4) is 0 Å². The van der Waals surface area contributed by atoms with Crippen LogP contribution in [0.3, 0.4) is 0 Å². The number of nitrogens with two attached hydrogens (primary N) is 1. The van der Waals surface area contributed by atoms with E-state index in [1.807, 2.05) is 0 Å². The molecular formula is C12H11ClF3N5. The number of nitrogens with one attached hydrogen (secondary N) is 2. The number of halogens is 4. The molecular weight excluding hydrogens is 307 g/mol. The van der Waals surface area contributed by atoms with Crippen LogP contribution in [-0.4, -0.2) is 9.97 Å². The number of alkyl halides is 3. The van der Waals surface area contributed by atoms with Gasteiger partial charge in [0.25, 0.3) is 0 Å². The van der Waals surface area contributed by atoms with Crippen molar-refractivity contribution in [2.24, 2.45) is 5.84 Å². The molecule has 0 aliphatic carbocycles. The number of benzene rings is 1. The number of nitrogen functional groups attached to an aromatic ring is 1. The molecule has 2 rings (SSSR count). The van der Waals surface area contributed by atoms with Crippen LogP contribution in [0.15, 0.2) is 24.5 Å². The van der Waals surface area contributed by atoms with E-state index >= 15 is 0 Å². The molecule has 0 saturated carbocycles. The third-order valence-corrected chi connectivity index (χ3v) is 3.08. The third-order valence-electron chi connectivity index (χ3n) is 2.77. The number of hydrogen-bond acceptors (Lipinski definition) is 5. The van der Waals surface area contributed by atoms with Gasteiger partial charge in [0.05, 0.1) is 16.3 Å². The molecule has 2 aromatic rings. The fourth-order valence-electron chi connectivity index (χ4n) is 1.64. The first-order valence-corrected chi connectivity index (χ1v) is 6.12. The first-order chi connectivity index (χ1) is 9.82. The molecule has 4 N–H and O–H groups in total. The van der Waals surface area contributed by atoms with Gasteiger partial charge in [-0.15, -0.1) is 0 Å². The van der Waals surface area contributed by atoms with Gasteiger partial charge in [0.15, 0.2) is 0 Å². The van der Waals surface area contributed by atoms with E-state index in [4.69, 9.17) is 17.4 Å². The molecule has 0 saturated heterocycles. The van der Waals surface area contributed by atoms with Crippen molar-refractivity contribution in [2.75, 3.05) is 10.7 Å². The molecule has 0 atom stereocenters. The molecule has 0 bridgehead atoms. The fourth-order valence-corrected chi connectivity index (χ4v) is 1.87. The largest absolute Gasteiger partial charge is 0.416 e. The van der Waals surface area contributed by atoms with Crippen molar-refractivity contribution >= 4 is 28.9 Å². The lowest BCUT2D eigenvalue weighted by atomic mass is 10.2. The number of anilines is 3. The third kappa shape index (κ3) is 3.34. The summed E-state index contributed by atoms with van der Waals surface area (Å²) in [5.41, 5.74) is 2.48. The molecule has 1 heterocycles. The van der Waals surface area contributed by atoms with Gasteiger partial charge in [0, 0.05) is 5.56 Å². The van der Waals surface area contributed by atoms with Crippen molar-refractivity contribution in [2.45, 2.75) is 13.1 Å². The van der Waals surface area contributed by atoms with E-state index < -0.39 is 11.7 Å². The number of hydrogen-bond donors (Lipinski definition) is 3. The zero-order valence-corrected chi connectivity index (χ0v) is 11.5. The van der Waals surface area contributed by atoms with Crippen LogP contribution in [0.5, 0.6) is 0 Å². The second-order valence-corrected chi connectivity index (χ2v) is 4.56. The molecule has 1 aromatic heterocycles. The highest BCUT2D eigenvalue weighted by molar-refractivity contribution is 6.33. The summed E-state index contributed by atoms with van der Waals surface area (Å²) in [7, 11) is 0. The maximum Gasteiger partial charge on any atom is 0.416 e. The zero-order chi connectivity index (χ0) is 15.6. The van der Waals surface area contributed by atoms with Crippen molar-refractivity contribution < 1.29 is 13.2 Å². The SMILES string of the molecule is Cc1c(NN)ncnc1Nc1ccc(C(F)(F)F)cc1Cl. The predicted molar refractivity (Wildman–Crippen MR) is 74.3 cm³/mol. The van der Waals surface area contributed by atoms with E-state index in [0.717, 1.165) is 12.1 Å². The first-order valence-electron chi connectivity index (χ1n) is 5.75. The van der Waals surface area contributed by atoms with Crippen molar-refractivity contribution in [3.05, 3.63) is 40.7 Å². The van der Waals surface area contributed by atoms with Crippen LogP contribution < -0.4 is 16.6 Å². The molecule has 0 amide bonds. The Bertz CT molecular complexity index is 660. The number of hydrazine groups is 1. The second-order valence-electron chi connectivity index (χ2n) is 4.16. The molecule has 21 heavy (non-hydrogen) atoms. The summed E-state index contributed by atoms with van der Waals surface area (Å²) >= 11 is 5.87. The van der Waals surface area contributed by atoms with Gasteiger partial charge in [-0.2, -0.15) is 13.2 Å². The van der Waals surface area contributed by atoms with Crippen LogP contribution in [0, 0.1) is 6.92 Å². The lowest BCUT2D eigenvalue weighted by Gasteiger charge is -2.13. The summed E-state index contributed by atoms with van der Waals surface area (Å²) < 4.78 is 37.7.